The van der Waals surface area contributed by atoms with Crippen LogP contribution in [0.4, 0.5) is 0 Å². The van der Waals surface area contributed by atoms with E-state index in [4.69, 9.17) is 5.11 Å². The van der Waals surface area contributed by atoms with Gasteiger partial charge in [0, 0.05) is 13.1 Å². The number of carbonyl (C=O) groups is 2. The van der Waals surface area contributed by atoms with Gasteiger partial charge in [0.2, 0.25) is 0 Å². The first-order chi connectivity index (χ1) is 9.38. The van der Waals surface area contributed by atoms with Crippen LogP contribution in [-0.2, 0) is 11.8 Å². The van der Waals surface area contributed by atoms with Crippen LogP contribution >= 0.6 is 0 Å². The summed E-state index contributed by atoms with van der Waals surface area (Å²) in [6, 6.07) is 1.74. The fraction of sp³-hybridized carbons (Fsp3) is 0.643. The van der Waals surface area contributed by atoms with Crippen LogP contribution in [0.25, 0.3) is 0 Å². The Balaban J connectivity index is 2.01. The summed E-state index contributed by atoms with van der Waals surface area (Å²) in [7, 11) is 1.75. The molecule has 110 valence electrons. The molecule has 1 saturated carbocycles. The van der Waals surface area contributed by atoms with Crippen LogP contribution in [0.2, 0.25) is 0 Å². The second-order valence-corrected chi connectivity index (χ2v) is 5.75. The number of hydrogen-bond donors (Lipinski definition) is 2. The fourth-order valence-corrected chi connectivity index (χ4v) is 2.58. The number of carboxylic acid groups (broad SMARTS) is 1. The molecule has 0 saturated heterocycles. The quantitative estimate of drug-likeness (QED) is 0.875. The minimum absolute atomic E-state index is 0.0546. The summed E-state index contributed by atoms with van der Waals surface area (Å²) in [4.78, 5) is 23.1. The van der Waals surface area contributed by atoms with E-state index in [1.807, 2.05) is 13.8 Å². The molecular weight excluding hydrogens is 258 g/mol. The van der Waals surface area contributed by atoms with Crippen molar-refractivity contribution in [1.82, 2.24) is 15.1 Å². The molecule has 0 bridgehead atoms. The van der Waals surface area contributed by atoms with Gasteiger partial charge in [-0.3, -0.25) is 14.3 Å². The molecule has 1 aromatic rings. The number of amides is 1. The molecule has 6 heteroatoms. The van der Waals surface area contributed by atoms with E-state index >= 15 is 0 Å². The lowest BCUT2D eigenvalue weighted by Crippen LogP contribution is -2.34. The standard InChI is InChI=1S/C14H21N3O3/c1-8(2)11-7-12(17(3)16-11)13(18)15-10-5-4-9(6-10)14(19)20/h7-10H,4-6H2,1-3H3,(H,15,18)(H,19,20). The largest absolute Gasteiger partial charge is 0.481 e. The number of nitrogens with zero attached hydrogens (tertiary/aromatic N) is 2. The molecule has 0 aliphatic heterocycles. The van der Waals surface area contributed by atoms with E-state index in [1.165, 1.54) is 0 Å². The third-order valence-electron chi connectivity index (χ3n) is 3.84. The molecule has 1 amide bonds. The maximum Gasteiger partial charge on any atom is 0.306 e. The van der Waals surface area contributed by atoms with Crippen molar-refractivity contribution in [2.45, 2.75) is 45.1 Å². The number of hydrogen-bond acceptors (Lipinski definition) is 3. The van der Waals surface area contributed by atoms with Crippen molar-refractivity contribution in [1.29, 1.82) is 0 Å². The molecule has 2 N–H and O–H groups in total. The number of aryl methyl sites for hydroxylation is 1. The highest BCUT2D eigenvalue weighted by Gasteiger charge is 2.31. The number of carboxylic acids is 1. The molecule has 2 unspecified atom stereocenters. The van der Waals surface area contributed by atoms with Gasteiger partial charge in [-0.25, -0.2) is 0 Å². The molecule has 2 rings (SSSR count). The van der Waals surface area contributed by atoms with Crippen molar-refractivity contribution in [2.24, 2.45) is 13.0 Å². The van der Waals surface area contributed by atoms with Crippen molar-refractivity contribution in [2.75, 3.05) is 0 Å². The summed E-state index contributed by atoms with van der Waals surface area (Å²) < 4.78 is 1.58. The SMILES string of the molecule is CC(C)c1cc(C(=O)NC2CCC(C(=O)O)C2)n(C)n1. The molecule has 2 atom stereocenters. The lowest BCUT2D eigenvalue weighted by atomic mass is 10.1. The van der Waals surface area contributed by atoms with E-state index in [0.717, 1.165) is 12.1 Å². The normalized spacial score (nSPS) is 22.2. The summed E-state index contributed by atoms with van der Waals surface area (Å²) in [5, 5.41) is 16.2. The molecule has 1 aliphatic carbocycles. The van der Waals surface area contributed by atoms with E-state index in [1.54, 1.807) is 17.8 Å². The molecule has 1 heterocycles. The zero-order valence-corrected chi connectivity index (χ0v) is 12.1. The molecule has 1 aliphatic rings. The Kier molecular flexibility index (Phi) is 4.11. The number of rotatable bonds is 4. The third-order valence-corrected chi connectivity index (χ3v) is 3.84. The van der Waals surface area contributed by atoms with E-state index in [0.29, 0.717) is 18.5 Å². The maximum atomic E-state index is 12.2. The van der Waals surface area contributed by atoms with Gasteiger partial charge in [0.25, 0.3) is 5.91 Å². The first-order valence-electron chi connectivity index (χ1n) is 6.96. The second kappa shape index (κ2) is 5.64. The Bertz CT molecular complexity index is 522. The van der Waals surface area contributed by atoms with Crippen LogP contribution in [0.15, 0.2) is 6.07 Å². The Morgan fingerprint density at radius 1 is 1.45 bits per heavy atom. The van der Waals surface area contributed by atoms with Crippen LogP contribution < -0.4 is 5.32 Å². The highest BCUT2D eigenvalue weighted by molar-refractivity contribution is 5.93. The minimum atomic E-state index is -0.774. The average molecular weight is 279 g/mol. The van der Waals surface area contributed by atoms with Crippen molar-refractivity contribution in [3.8, 4) is 0 Å². The number of nitrogens with one attached hydrogen (secondary N) is 1. The lowest BCUT2D eigenvalue weighted by Gasteiger charge is -2.12. The Morgan fingerprint density at radius 2 is 2.15 bits per heavy atom. The van der Waals surface area contributed by atoms with E-state index in [-0.39, 0.29) is 23.8 Å². The van der Waals surface area contributed by atoms with Crippen molar-refractivity contribution >= 4 is 11.9 Å². The molecule has 1 fully saturated rings. The summed E-state index contributed by atoms with van der Waals surface area (Å²) >= 11 is 0. The fourth-order valence-electron chi connectivity index (χ4n) is 2.58. The summed E-state index contributed by atoms with van der Waals surface area (Å²) in [5.41, 5.74) is 1.40. The first-order valence-corrected chi connectivity index (χ1v) is 6.96. The number of carbonyl (C=O) groups excluding carboxylic acids is 1. The van der Waals surface area contributed by atoms with Gasteiger partial charge in [0.05, 0.1) is 11.6 Å². The summed E-state index contributed by atoms with van der Waals surface area (Å²) in [5.74, 6) is -1.02. The first kappa shape index (κ1) is 14.6. The smallest absolute Gasteiger partial charge is 0.306 e. The van der Waals surface area contributed by atoms with Crippen LogP contribution in [0.3, 0.4) is 0 Å². The molecule has 0 radical (unpaired) electrons. The van der Waals surface area contributed by atoms with Crippen molar-refractivity contribution < 1.29 is 14.7 Å². The van der Waals surface area contributed by atoms with Crippen LogP contribution in [0, 0.1) is 5.92 Å². The topological polar surface area (TPSA) is 84.2 Å². The van der Waals surface area contributed by atoms with Gasteiger partial charge in [-0.15, -0.1) is 0 Å². The average Bonchev–Trinajstić information content (AvgIpc) is 2.95. The van der Waals surface area contributed by atoms with Gasteiger partial charge in [0.1, 0.15) is 5.69 Å². The predicted octanol–water partition coefficient (Wildman–Crippen LogP) is 1.53. The van der Waals surface area contributed by atoms with E-state index in [9.17, 15) is 9.59 Å². The van der Waals surface area contributed by atoms with Gasteiger partial charge in [-0.2, -0.15) is 5.10 Å². The van der Waals surface area contributed by atoms with Gasteiger partial charge in [-0.05, 0) is 31.2 Å². The Morgan fingerprint density at radius 3 is 2.65 bits per heavy atom. The lowest BCUT2D eigenvalue weighted by molar-refractivity contribution is -0.141. The van der Waals surface area contributed by atoms with Gasteiger partial charge < -0.3 is 10.4 Å². The Hall–Kier alpha value is -1.85. The minimum Gasteiger partial charge on any atom is -0.481 e. The summed E-state index contributed by atoms with van der Waals surface area (Å²) in [6.07, 6.45) is 1.86. The molecule has 6 nitrogen and oxygen atoms in total. The van der Waals surface area contributed by atoms with Crippen LogP contribution in [-0.4, -0.2) is 32.8 Å². The summed E-state index contributed by atoms with van der Waals surface area (Å²) in [6.45, 7) is 4.05. The second-order valence-electron chi connectivity index (χ2n) is 5.75. The number of aromatic nitrogens is 2. The monoisotopic (exact) mass is 279 g/mol. The molecule has 0 aromatic carbocycles. The Labute approximate surface area is 118 Å². The van der Waals surface area contributed by atoms with Crippen LogP contribution in [0.1, 0.15) is 55.2 Å². The maximum absolute atomic E-state index is 12.2. The van der Waals surface area contributed by atoms with Gasteiger partial charge in [0.15, 0.2) is 0 Å². The molecule has 20 heavy (non-hydrogen) atoms. The van der Waals surface area contributed by atoms with Crippen molar-refractivity contribution in [3.05, 3.63) is 17.5 Å². The highest BCUT2D eigenvalue weighted by atomic mass is 16.4. The molecular formula is C14H21N3O3. The molecule has 1 aromatic heterocycles. The highest BCUT2D eigenvalue weighted by Crippen LogP contribution is 2.26. The van der Waals surface area contributed by atoms with Gasteiger partial charge in [-0.1, -0.05) is 13.8 Å². The van der Waals surface area contributed by atoms with Crippen LogP contribution in [0.5, 0.6) is 0 Å². The third kappa shape index (κ3) is 3.00. The zero-order valence-electron chi connectivity index (χ0n) is 12.1. The predicted molar refractivity (Wildman–Crippen MR) is 73.5 cm³/mol. The number of aliphatic carboxylic acids is 1. The van der Waals surface area contributed by atoms with E-state index in [2.05, 4.69) is 10.4 Å². The van der Waals surface area contributed by atoms with Gasteiger partial charge >= 0.3 is 5.97 Å². The van der Waals surface area contributed by atoms with E-state index < -0.39 is 5.97 Å². The zero-order chi connectivity index (χ0) is 14.9. The van der Waals surface area contributed by atoms with Crippen molar-refractivity contribution in [3.63, 3.8) is 0 Å². The molecule has 0 spiro atoms.